The monoisotopic (exact) mass is 408 g/mol. The second-order valence-electron chi connectivity index (χ2n) is 6.24. The van der Waals surface area contributed by atoms with E-state index in [2.05, 4.69) is 5.32 Å². The zero-order chi connectivity index (χ0) is 20.8. The van der Waals surface area contributed by atoms with Gasteiger partial charge in [0.1, 0.15) is 0 Å². The summed E-state index contributed by atoms with van der Waals surface area (Å²) >= 11 is 0.852. The van der Waals surface area contributed by atoms with E-state index in [0.717, 1.165) is 16.7 Å². The SMILES string of the molecule is COc1cc(C=C2SC(=O)N(CCNC(=O)C(C)C)C2=O)cc(OC)c1OC. The third-order valence-electron chi connectivity index (χ3n) is 4.02. The van der Waals surface area contributed by atoms with Gasteiger partial charge < -0.3 is 19.5 Å². The molecule has 1 aromatic rings. The molecule has 1 N–H and O–H groups in total. The van der Waals surface area contributed by atoms with Gasteiger partial charge in [0.15, 0.2) is 11.5 Å². The number of carbonyl (C=O) groups is 3. The van der Waals surface area contributed by atoms with Gasteiger partial charge in [-0.15, -0.1) is 0 Å². The zero-order valence-corrected chi connectivity index (χ0v) is 17.3. The molecule has 1 aliphatic rings. The molecule has 0 bridgehead atoms. The van der Waals surface area contributed by atoms with Crippen LogP contribution in [0.1, 0.15) is 19.4 Å². The van der Waals surface area contributed by atoms with Crippen LogP contribution in [0.4, 0.5) is 4.79 Å². The normalized spacial score (nSPS) is 15.4. The average molecular weight is 408 g/mol. The number of thioether (sulfide) groups is 1. The lowest BCUT2D eigenvalue weighted by Crippen LogP contribution is -2.38. The fraction of sp³-hybridized carbons (Fsp3) is 0.421. The Balaban J connectivity index is 2.18. The number of hydrogen-bond donors (Lipinski definition) is 1. The summed E-state index contributed by atoms with van der Waals surface area (Å²) in [5.41, 5.74) is 0.633. The fourth-order valence-corrected chi connectivity index (χ4v) is 3.39. The molecule has 0 radical (unpaired) electrons. The van der Waals surface area contributed by atoms with Crippen LogP contribution in [0.2, 0.25) is 0 Å². The summed E-state index contributed by atoms with van der Waals surface area (Å²) in [5, 5.41) is 2.32. The molecule has 1 saturated heterocycles. The Kier molecular flexibility index (Phi) is 7.33. The minimum Gasteiger partial charge on any atom is -0.493 e. The summed E-state index contributed by atoms with van der Waals surface area (Å²) in [7, 11) is 4.50. The Labute approximate surface area is 168 Å². The molecule has 0 aromatic heterocycles. The predicted octanol–water partition coefficient (Wildman–Crippen LogP) is 2.52. The number of hydrogen-bond acceptors (Lipinski definition) is 7. The number of rotatable bonds is 8. The zero-order valence-electron chi connectivity index (χ0n) is 16.5. The molecule has 1 aliphatic heterocycles. The molecule has 152 valence electrons. The lowest BCUT2D eigenvalue weighted by Gasteiger charge is -2.14. The van der Waals surface area contributed by atoms with Crippen LogP contribution in [0.15, 0.2) is 17.0 Å². The van der Waals surface area contributed by atoms with Crippen LogP contribution < -0.4 is 19.5 Å². The van der Waals surface area contributed by atoms with E-state index < -0.39 is 5.91 Å². The van der Waals surface area contributed by atoms with Crippen molar-refractivity contribution in [1.29, 1.82) is 0 Å². The minimum atomic E-state index is -0.400. The number of benzene rings is 1. The number of amides is 3. The van der Waals surface area contributed by atoms with Gasteiger partial charge >= 0.3 is 0 Å². The van der Waals surface area contributed by atoms with Crippen LogP contribution >= 0.6 is 11.8 Å². The topological polar surface area (TPSA) is 94.2 Å². The molecule has 0 aliphatic carbocycles. The summed E-state index contributed by atoms with van der Waals surface area (Å²) in [6, 6.07) is 3.39. The number of methoxy groups -OCH3 is 3. The Hall–Kier alpha value is -2.68. The number of nitrogens with zero attached hydrogens (tertiary/aromatic N) is 1. The summed E-state index contributed by atoms with van der Waals surface area (Å²) in [4.78, 5) is 37.8. The Bertz CT molecular complexity index is 781. The highest BCUT2D eigenvalue weighted by Gasteiger charge is 2.34. The first-order valence-corrected chi connectivity index (χ1v) is 9.47. The van der Waals surface area contributed by atoms with Crippen LogP contribution in [-0.4, -0.2) is 56.4 Å². The molecule has 1 heterocycles. The number of carbonyl (C=O) groups excluding carboxylic acids is 3. The second kappa shape index (κ2) is 9.50. The molecule has 0 spiro atoms. The smallest absolute Gasteiger partial charge is 0.293 e. The van der Waals surface area contributed by atoms with Gasteiger partial charge in [-0.3, -0.25) is 19.3 Å². The van der Waals surface area contributed by atoms with Crippen molar-refractivity contribution in [3.63, 3.8) is 0 Å². The first kappa shape index (κ1) is 21.6. The highest BCUT2D eigenvalue weighted by molar-refractivity contribution is 8.18. The largest absolute Gasteiger partial charge is 0.493 e. The van der Waals surface area contributed by atoms with Crippen LogP contribution in [0.3, 0.4) is 0 Å². The molecule has 3 amide bonds. The summed E-state index contributed by atoms with van der Waals surface area (Å²) in [6.07, 6.45) is 1.60. The van der Waals surface area contributed by atoms with Gasteiger partial charge in [-0.25, -0.2) is 0 Å². The minimum absolute atomic E-state index is 0.121. The molecule has 0 saturated carbocycles. The Morgan fingerprint density at radius 1 is 1.14 bits per heavy atom. The standard InChI is InChI=1S/C19H24N2O6S/c1-11(2)17(22)20-6-7-21-18(23)15(28-19(21)24)10-12-8-13(25-3)16(27-5)14(9-12)26-4/h8-11H,6-7H2,1-5H3,(H,20,22). The Morgan fingerprint density at radius 2 is 1.75 bits per heavy atom. The van der Waals surface area contributed by atoms with Crippen molar-refractivity contribution in [2.45, 2.75) is 13.8 Å². The molecular formula is C19H24N2O6S. The van der Waals surface area contributed by atoms with E-state index in [-0.39, 0.29) is 35.1 Å². The first-order chi connectivity index (χ1) is 13.3. The third-order valence-corrected chi connectivity index (χ3v) is 4.92. The molecule has 0 atom stereocenters. The van der Waals surface area contributed by atoms with Gasteiger partial charge in [0, 0.05) is 19.0 Å². The molecule has 0 unspecified atom stereocenters. The van der Waals surface area contributed by atoms with E-state index in [1.54, 1.807) is 32.1 Å². The van der Waals surface area contributed by atoms with E-state index in [1.165, 1.54) is 21.3 Å². The number of ether oxygens (including phenoxy) is 3. The van der Waals surface area contributed by atoms with Gasteiger partial charge in [0.2, 0.25) is 11.7 Å². The number of nitrogens with one attached hydrogen (secondary N) is 1. The van der Waals surface area contributed by atoms with E-state index >= 15 is 0 Å². The van der Waals surface area contributed by atoms with E-state index in [1.807, 2.05) is 0 Å². The first-order valence-electron chi connectivity index (χ1n) is 8.65. The maximum atomic E-state index is 12.6. The van der Waals surface area contributed by atoms with Crippen LogP contribution in [0, 0.1) is 5.92 Å². The van der Waals surface area contributed by atoms with Gasteiger partial charge in [-0.05, 0) is 35.5 Å². The van der Waals surface area contributed by atoms with Gasteiger partial charge in [0.25, 0.3) is 11.1 Å². The van der Waals surface area contributed by atoms with Crippen LogP contribution in [0.5, 0.6) is 17.2 Å². The van der Waals surface area contributed by atoms with E-state index in [4.69, 9.17) is 14.2 Å². The maximum absolute atomic E-state index is 12.6. The van der Waals surface area contributed by atoms with E-state index in [0.29, 0.717) is 22.8 Å². The van der Waals surface area contributed by atoms with Crippen molar-refractivity contribution < 1.29 is 28.6 Å². The fourth-order valence-electron chi connectivity index (χ4n) is 2.52. The molecule has 1 aromatic carbocycles. The van der Waals surface area contributed by atoms with Gasteiger partial charge in [-0.1, -0.05) is 13.8 Å². The van der Waals surface area contributed by atoms with Gasteiger partial charge in [0.05, 0.1) is 26.2 Å². The lowest BCUT2D eigenvalue weighted by molar-refractivity contribution is -0.125. The van der Waals surface area contributed by atoms with Crippen LogP contribution in [-0.2, 0) is 9.59 Å². The van der Waals surface area contributed by atoms with Crippen molar-refractivity contribution in [2.24, 2.45) is 5.92 Å². The van der Waals surface area contributed by atoms with E-state index in [9.17, 15) is 14.4 Å². The van der Waals surface area contributed by atoms with Crippen molar-refractivity contribution in [3.8, 4) is 17.2 Å². The summed E-state index contributed by atoms with van der Waals surface area (Å²) in [5.74, 6) is 0.654. The Morgan fingerprint density at radius 3 is 2.25 bits per heavy atom. The van der Waals surface area contributed by atoms with Crippen molar-refractivity contribution in [1.82, 2.24) is 10.2 Å². The summed E-state index contributed by atoms with van der Waals surface area (Å²) < 4.78 is 15.9. The predicted molar refractivity (Wildman–Crippen MR) is 107 cm³/mol. The second-order valence-corrected chi connectivity index (χ2v) is 7.23. The van der Waals surface area contributed by atoms with Gasteiger partial charge in [-0.2, -0.15) is 0 Å². The van der Waals surface area contributed by atoms with Crippen molar-refractivity contribution >= 4 is 34.9 Å². The number of imide groups is 1. The third kappa shape index (κ3) is 4.78. The maximum Gasteiger partial charge on any atom is 0.293 e. The molecular weight excluding hydrogens is 384 g/mol. The van der Waals surface area contributed by atoms with Crippen molar-refractivity contribution in [3.05, 3.63) is 22.6 Å². The van der Waals surface area contributed by atoms with Crippen molar-refractivity contribution in [2.75, 3.05) is 34.4 Å². The highest BCUT2D eigenvalue weighted by atomic mass is 32.2. The quantitative estimate of drug-likeness (QED) is 0.661. The molecule has 9 heteroatoms. The molecule has 28 heavy (non-hydrogen) atoms. The molecule has 8 nitrogen and oxygen atoms in total. The molecule has 1 fully saturated rings. The lowest BCUT2D eigenvalue weighted by atomic mass is 10.1. The van der Waals surface area contributed by atoms with Crippen LogP contribution in [0.25, 0.3) is 6.08 Å². The highest BCUT2D eigenvalue weighted by Crippen LogP contribution is 2.40. The summed E-state index contributed by atoms with van der Waals surface area (Å²) in [6.45, 7) is 3.88. The average Bonchev–Trinajstić information content (AvgIpc) is 2.94. The molecule has 2 rings (SSSR count).